The summed E-state index contributed by atoms with van der Waals surface area (Å²) in [4.78, 5) is 2.59. The molecule has 0 amide bonds. The van der Waals surface area contributed by atoms with Crippen molar-refractivity contribution in [2.45, 2.75) is 64.5 Å². The zero-order valence-electron chi connectivity index (χ0n) is 15.6. The second-order valence-corrected chi connectivity index (χ2v) is 7.64. The Labute approximate surface area is 148 Å². The van der Waals surface area contributed by atoms with E-state index in [1.54, 1.807) is 0 Å². The summed E-state index contributed by atoms with van der Waals surface area (Å²) in [6.45, 7) is 9.21. The third-order valence-corrected chi connectivity index (χ3v) is 5.08. The Hall–Kier alpha value is -0.900. The van der Waals surface area contributed by atoms with Crippen molar-refractivity contribution in [2.75, 3.05) is 26.2 Å². The van der Waals surface area contributed by atoms with E-state index in [4.69, 9.17) is 0 Å². The van der Waals surface area contributed by atoms with Crippen LogP contribution in [0.1, 0.15) is 64.0 Å². The standard InChI is InChI=1S/C21H36N2O/c1-18(2)12-13-20(21(24)19-10-5-3-6-11-19)22-14-9-17-23-15-7-4-8-16-23/h3,5-6,10-11,18,20-22,24H,4,7-9,12-17H2,1-2H3/t20-,21-/m0/s1. The molecular weight excluding hydrogens is 296 g/mol. The fourth-order valence-electron chi connectivity index (χ4n) is 3.54. The number of rotatable bonds is 10. The predicted octanol–water partition coefficient (Wildman–Crippen LogP) is 3.99. The molecule has 1 heterocycles. The summed E-state index contributed by atoms with van der Waals surface area (Å²) in [5.41, 5.74) is 1.02. The minimum atomic E-state index is -0.417. The Morgan fingerprint density at radius 2 is 1.75 bits per heavy atom. The van der Waals surface area contributed by atoms with Gasteiger partial charge in [0.2, 0.25) is 0 Å². The highest BCUT2D eigenvalue weighted by Crippen LogP contribution is 2.21. The van der Waals surface area contributed by atoms with E-state index in [1.807, 2.05) is 30.3 Å². The molecule has 2 atom stereocenters. The van der Waals surface area contributed by atoms with E-state index in [0.29, 0.717) is 5.92 Å². The van der Waals surface area contributed by atoms with Crippen LogP contribution in [-0.4, -0.2) is 42.2 Å². The van der Waals surface area contributed by atoms with Crippen molar-refractivity contribution in [1.82, 2.24) is 10.2 Å². The van der Waals surface area contributed by atoms with Crippen LogP contribution < -0.4 is 5.32 Å². The van der Waals surface area contributed by atoms with Gasteiger partial charge >= 0.3 is 0 Å². The molecule has 0 radical (unpaired) electrons. The monoisotopic (exact) mass is 332 g/mol. The molecule has 2 rings (SSSR count). The van der Waals surface area contributed by atoms with Gasteiger partial charge in [-0.1, -0.05) is 50.6 Å². The average Bonchev–Trinajstić information content (AvgIpc) is 2.62. The number of nitrogens with zero attached hydrogens (tertiary/aromatic N) is 1. The average molecular weight is 333 g/mol. The Morgan fingerprint density at radius 3 is 2.42 bits per heavy atom. The number of aliphatic hydroxyl groups excluding tert-OH is 1. The first-order chi connectivity index (χ1) is 11.7. The van der Waals surface area contributed by atoms with Crippen LogP contribution >= 0.6 is 0 Å². The lowest BCUT2D eigenvalue weighted by molar-refractivity contribution is 0.119. The fourth-order valence-corrected chi connectivity index (χ4v) is 3.54. The number of nitrogens with one attached hydrogen (secondary N) is 1. The molecule has 0 aromatic heterocycles. The van der Waals surface area contributed by atoms with Crippen molar-refractivity contribution >= 4 is 0 Å². The van der Waals surface area contributed by atoms with Crippen LogP contribution in [0.5, 0.6) is 0 Å². The van der Waals surface area contributed by atoms with Crippen LogP contribution in [0.3, 0.4) is 0 Å². The van der Waals surface area contributed by atoms with Gasteiger partial charge in [-0.15, -0.1) is 0 Å². The minimum Gasteiger partial charge on any atom is -0.387 e. The highest BCUT2D eigenvalue weighted by molar-refractivity contribution is 5.18. The van der Waals surface area contributed by atoms with Gasteiger partial charge in [-0.25, -0.2) is 0 Å². The van der Waals surface area contributed by atoms with Gasteiger partial charge < -0.3 is 15.3 Å². The van der Waals surface area contributed by atoms with E-state index < -0.39 is 6.10 Å². The minimum absolute atomic E-state index is 0.149. The molecule has 0 unspecified atom stereocenters. The number of piperidine rings is 1. The molecule has 1 aliphatic heterocycles. The number of aliphatic hydroxyl groups is 1. The summed E-state index contributed by atoms with van der Waals surface area (Å²) in [6.07, 6.45) is 7.04. The second kappa shape index (κ2) is 10.9. The van der Waals surface area contributed by atoms with E-state index in [2.05, 4.69) is 24.1 Å². The molecule has 0 bridgehead atoms. The maximum atomic E-state index is 10.8. The van der Waals surface area contributed by atoms with Crippen molar-refractivity contribution in [2.24, 2.45) is 5.92 Å². The van der Waals surface area contributed by atoms with E-state index in [1.165, 1.54) is 45.3 Å². The van der Waals surface area contributed by atoms with Crippen molar-refractivity contribution in [3.05, 3.63) is 35.9 Å². The largest absolute Gasteiger partial charge is 0.387 e. The molecule has 3 nitrogen and oxygen atoms in total. The van der Waals surface area contributed by atoms with Gasteiger partial charge in [-0.2, -0.15) is 0 Å². The highest BCUT2D eigenvalue weighted by atomic mass is 16.3. The lowest BCUT2D eigenvalue weighted by Gasteiger charge is -2.28. The first-order valence-corrected chi connectivity index (χ1v) is 9.85. The van der Waals surface area contributed by atoms with E-state index in [0.717, 1.165) is 24.9 Å². The first kappa shape index (κ1) is 19.4. The molecule has 1 aromatic carbocycles. The summed E-state index contributed by atoms with van der Waals surface area (Å²) in [7, 11) is 0. The zero-order chi connectivity index (χ0) is 17.2. The summed E-state index contributed by atoms with van der Waals surface area (Å²) in [6, 6.07) is 10.2. The van der Waals surface area contributed by atoms with Crippen molar-refractivity contribution in [3.63, 3.8) is 0 Å². The maximum Gasteiger partial charge on any atom is 0.0942 e. The molecule has 2 N–H and O–H groups in total. The fraction of sp³-hybridized carbons (Fsp3) is 0.714. The van der Waals surface area contributed by atoms with Crippen LogP contribution in [0, 0.1) is 5.92 Å². The van der Waals surface area contributed by atoms with Gasteiger partial charge in [-0.05, 0) is 69.8 Å². The summed E-state index contributed by atoms with van der Waals surface area (Å²) in [5.74, 6) is 0.672. The molecule has 3 heteroatoms. The topological polar surface area (TPSA) is 35.5 Å². The van der Waals surface area contributed by atoms with Gasteiger partial charge in [0.15, 0.2) is 0 Å². The molecule has 1 fully saturated rings. The van der Waals surface area contributed by atoms with Crippen LogP contribution in [0.15, 0.2) is 30.3 Å². The van der Waals surface area contributed by atoms with E-state index in [9.17, 15) is 5.11 Å². The number of benzene rings is 1. The summed E-state index contributed by atoms with van der Waals surface area (Å²) < 4.78 is 0. The Kier molecular flexibility index (Phi) is 8.79. The van der Waals surface area contributed by atoms with Crippen LogP contribution in [0.2, 0.25) is 0 Å². The first-order valence-electron chi connectivity index (χ1n) is 9.85. The van der Waals surface area contributed by atoms with Crippen LogP contribution in [-0.2, 0) is 0 Å². The molecule has 1 aromatic rings. The molecule has 136 valence electrons. The third kappa shape index (κ3) is 6.92. The quantitative estimate of drug-likeness (QED) is 0.636. The SMILES string of the molecule is CC(C)CC[C@H](NCCCN1CCCCC1)[C@@H](O)c1ccccc1. The van der Waals surface area contributed by atoms with Gasteiger partial charge in [0.25, 0.3) is 0 Å². The smallest absolute Gasteiger partial charge is 0.0942 e. The molecule has 24 heavy (non-hydrogen) atoms. The van der Waals surface area contributed by atoms with Gasteiger partial charge in [0.1, 0.15) is 0 Å². The lowest BCUT2D eigenvalue weighted by atomic mass is 9.95. The molecule has 0 aliphatic carbocycles. The second-order valence-electron chi connectivity index (χ2n) is 7.64. The summed E-state index contributed by atoms with van der Waals surface area (Å²) in [5, 5.41) is 14.4. The molecule has 0 spiro atoms. The Bertz CT molecular complexity index is 429. The van der Waals surface area contributed by atoms with E-state index in [-0.39, 0.29) is 6.04 Å². The van der Waals surface area contributed by atoms with E-state index >= 15 is 0 Å². The van der Waals surface area contributed by atoms with Crippen LogP contribution in [0.25, 0.3) is 0 Å². The Morgan fingerprint density at radius 1 is 1.04 bits per heavy atom. The van der Waals surface area contributed by atoms with Crippen molar-refractivity contribution < 1.29 is 5.11 Å². The van der Waals surface area contributed by atoms with Crippen molar-refractivity contribution in [3.8, 4) is 0 Å². The lowest BCUT2D eigenvalue weighted by Crippen LogP contribution is -2.38. The maximum absolute atomic E-state index is 10.8. The number of hydrogen-bond acceptors (Lipinski definition) is 3. The van der Waals surface area contributed by atoms with Gasteiger partial charge in [0, 0.05) is 6.04 Å². The van der Waals surface area contributed by atoms with Gasteiger partial charge in [0.05, 0.1) is 6.10 Å². The number of likely N-dealkylation sites (tertiary alicyclic amines) is 1. The molecule has 1 aliphatic rings. The normalized spacial score (nSPS) is 18.7. The number of hydrogen-bond donors (Lipinski definition) is 2. The molecule has 1 saturated heterocycles. The molecular formula is C21H36N2O. The predicted molar refractivity (Wildman–Crippen MR) is 102 cm³/mol. The highest BCUT2D eigenvalue weighted by Gasteiger charge is 2.20. The third-order valence-electron chi connectivity index (χ3n) is 5.08. The summed E-state index contributed by atoms with van der Waals surface area (Å²) >= 11 is 0. The Balaban J connectivity index is 1.79. The molecule has 0 saturated carbocycles. The zero-order valence-corrected chi connectivity index (χ0v) is 15.6. The van der Waals surface area contributed by atoms with Crippen molar-refractivity contribution in [1.29, 1.82) is 0 Å². The van der Waals surface area contributed by atoms with Crippen LogP contribution in [0.4, 0.5) is 0 Å². The van der Waals surface area contributed by atoms with Gasteiger partial charge in [-0.3, -0.25) is 0 Å².